The van der Waals surface area contributed by atoms with Gasteiger partial charge in [-0.1, -0.05) is 64.6 Å². The van der Waals surface area contributed by atoms with Gasteiger partial charge in [-0.05, 0) is 38.5 Å². The first-order valence-electron chi connectivity index (χ1n) is 12.4. The molecule has 0 amide bonds. The van der Waals surface area contributed by atoms with Crippen molar-refractivity contribution in [2.75, 3.05) is 28.6 Å². The number of rotatable bonds is 9. The molecule has 0 saturated carbocycles. The molecular weight excluding hydrogens is 625 g/mol. The molecule has 208 valence electrons. The van der Waals surface area contributed by atoms with E-state index in [1.54, 1.807) is 12.1 Å². The minimum absolute atomic E-state index is 0. The molecule has 2 heterocycles. The normalized spacial score (nSPS) is 14.8. The molecule has 1 aliphatic heterocycles. The topological polar surface area (TPSA) is 72.5 Å². The summed E-state index contributed by atoms with van der Waals surface area (Å²) >= 11 is 25.1. The molecule has 0 bridgehead atoms. The average Bonchev–Trinajstić information content (AvgIpc) is 3.29. The molecule has 1 aromatic heterocycles. The van der Waals surface area contributed by atoms with Gasteiger partial charge in [0.05, 0.1) is 55.2 Å². The fourth-order valence-electron chi connectivity index (χ4n) is 4.82. The van der Waals surface area contributed by atoms with E-state index in [1.165, 1.54) is 0 Å². The molecule has 0 unspecified atom stereocenters. The zero-order chi connectivity index (χ0) is 28.5. The molecule has 0 aliphatic carbocycles. The van der Waals surface area contributed by atoms with Crippen LogP contribution in [-0.4, -0.2) is 36.4 Å². The van der Waals surface area contributed by atoms with Crippen LogP contribution in [0.4, 0.5) is 11.4 Å². The van der Waals surface area contributed by atoms with Gasteiger partial charge in [0.15, 0.2) is 11.0 Å². The van der Waals surface area contributed by atoms with Crippen LogP contribution < -0.4 is 43.9 Å². The summed E-state index contributed by atoms with van der Waals surface area (Å²) in [6, 6.07) is 7.31. The number of aryl methyl sites for hydroxylation is 2. The summed E-state index contributed by atoms with van der Waals surface area (Å²) in [5.74, 6) is 1.37. The minimum Gasteiger partial charge on any atom is -0.748 e. The quantitative estimate of drug-likeness (QED) is 0.152. The Morgan fingerprint density at radius 1 is 0.875 bits per heavy atom. The van der Waals surface area contributed by atoms with Crippen LogP contribution in [0.1, 0.15) is 26.1 Å². The van der Waals surface area contributed by atoms with Crippen LogP contribution in [0.15, 0.2) is 54.4 Å². The van der Waals surface area contributed by atoms with Gasteiger partial charge < -0.3 is 14.4 Å². The maximum absolute atomic E-state index is 11.2. The van der Waals surface area contributed by atoms with E-state index >= 15 is 0 Å². The summed E-state index contributed by atoms with van der Waals surface area (Å²) in [4.78, 5) is 4.03. The first-order valence-corrected chi connectivity index (χ1v) is 15.5. The third kappa shape index (κ3) is 7.05. The van der Waals surface area contributed by atoms with Crippen molar-refractivity contribution in [1.29, 1.82) is 0 Å². The van der Waals surface area contributed by atoms with Crippen molar-refractivity contribution >= 4 is 85.0 Å². The number of fused-ring (bicyclic) bond motifs is 2. The predicted molar refractivity (Wildman–Crippen MR) is 161 cm³/mol. The van der Waals surface area contributed by atoms with Crippen molar-refractivity contribution < 1.29 is 47.1 Å². The Hall–Kier alpha value is -1.20. The monoisotopic (exact) mass is 651 g/mol. The molecule has 4 rings (SSSR count). The summed E-state index contributed by atoms with van der Waals surface area (Å²) in [6.07, 6.45) is 9.90. The van der Waals surface area contributed by atoms with Gasteiger partial charge >= 0.3 is 29.6 Å². The van der Waals surface area contributed by atoms with E-state index in [4.69, 9.17) is 46.4 Å². The summed E-state index contributed by atoms with van der Waals surface area (Å²) < 4.78 is 37.8. The second kappa shape index (κ2) is 13.8. The van der Waals surface area contributed by atoms with E-state index in [2.05, 4.69) is 21.0 Å². The van der Waals surface area contributed by atoms with Crippen molar-refractivity contribution in [3.8, 4) is 0 Å². The number of nitrogens with zero attached hydrogens (tertiary/aromatic N) is 4. The van der Waals surface area contributed by atoms with E-state index in [0.717, 1.165) is 40.6 Å². The standard InChI is InChI=1S/C27H28Cl4N4O3S.Na/c1-4-33-23-15-19(29)18(28)14-22(23)32(3)26(33)10-7-6-8-11-27-34(5-2)24-16-20(30)21(31)17-25(24)35(27)12-9-13-39(36,37)38;/h6-8,10-11,14-17H,4-5,9,12-13H2,1-3H3;/q;+1. The molecule has 3 aromatic rings. The summed E-state index contributed by atoms with van der Waals surface area (Å²) in [5, 5.41) is 1.84. The average molecular weight is 653 g/mol. The second-order valence-electron chi connectivity index (χ2n) is 8.95. The van der Waals surface area contributed by atoms with Crippen molar-refractivity contribution in [3.63, 3.8) is 0 Å². The molecule has 40 heavy (non-hydrogen) atoms. The molecule has 2 aromatic carbocycles. The van der Waals surface area contributed by atoms with E-state index in [1.807, 2.05) is 61.4 Å². The van der Waals surface area contributed by atoms with E-state index in [0.29, 0.717) is 33.2 Å². The first-order chi connectivity index (χ1) is 18.5. The second-order valence-corrected chi connectivity index (χ2v) is 12.1. The zero-order valence-electron chi connectivity index (χ0n) is 22.7. The Labute approximate surface area is 277 Å². The number of imidazole rings is 1. The number of allylic oxidation sites excluding steroid dienone is 4. The minimum atomic E-state index is -4.32. The molecule has 0 spiro atoms. The molecule has 0 fully saturated rings. The van der Waals surface area contributed by atoms with Crippen molar-refractivity contribution in [1.82, 2.24) is 4.57 Å². The predicted octanol–water partition coefficient (Wildman–Crippen LogP) is 3.80. The third-order valence-corrected chi connectivity index (χ3v) is 8.80. The molecule has 0 saturated heterocycles. The Balaban J connectivity index is 0.00000441. The fourth-order valence-corrected chi connectivity index (χ4v) is 5.93. The largest absolute Gasteiger partial charge is 1.00 e. The van der Waals surface area contributed by atoms with E-state index in [-0.39, 0.29) is 36.0 Å². The Morgan fingerprint density at radius 3 is 2.08 bits per heavy atom. The summed E-state index contributed by atoms with van der Waals surface area (Å²) in [5.41, 5.74) is 3.65. The van der Waals surface area contributed by atoms with Gasteiger partial charge in [-0.3, -0.25) is 0 Å². The fraction of sp³-hybridized carbons (Fsp3) is 0.296. The van der Waals surface area contributed by atoms with Gasteiger partial charge in [0.25, 0.3) is 5.82 Å². The van der Waals surface area contributed by atoms with Crippen LogP contribution in [0.3, 0.4) is 0 Å². The van der Waals surface area contributed by atoms with Gasteiger partial charge in [0.1, 0.15) is 5.82 Å². The molecule has 13 heteroatoms. The number of halogens is 4. The van der Waals surface area contributed by atoms with Crippen LogP contribution >= 0.6 is 46.4 Å². The van der Waals surface area contributed by atoms with Crippen molar-refractivity contribution in [3.05, 3.63) is 80.3 Å². The van der Waals surface area contributed by atoms with Crippen LogP contribution in [0.2, 0.25) is 20.1 Å². The van der Waals surface area contributed by atoms with E-state index < -0.39 is 15.9 Å². The van der Waals surface area contributed by atoms with Gasteiger partial charge in [0.2, 0.25) is 0 Å². The molecular formula is C27H28Cl4N4NaO3S+. The Morgan fingerprint density at radius 2 is 1.48 bits per heavy atom. The first kappa shape index (κ1) is 33.3. The van der Waals surface area contributed by atoms with Crippen LogP contribution in [-0.2, 0) is 23.7 Å². The van der Waals surface area contributed by atoms with E-state index in [9.17, 15) is 13.0 Å². The number of hydrogen-bond donors (Lipinski definition) is 0. The number of aromatic nitrogens is 2. The van der Waals surface area contributed by atoms with Gasteiger partial charge in [-0.2, -0.15) is 0 Å². The van der Waals surface area contributed by atoms with Crippen LogP contribution in [0, 0.1) is 0 Å². The Kier molecular flexibility index (Phi) is 11.5. The van der Waals surface area contributed by atoms with Gasteiger partial charge in [0, 0.05) is 37.1 Å². The molecule has 1 aliphatic rings. The molecule has 0 N–H and O–H groups in total. The van der Waals surface area contributed by atoms with Crippen molar-refractivity contribution in [2.45, 2.75) is 26.8 Å². The van der Waals surface area contributed by atoms with Gasteiger partial charge in [-0.15, -0.1) is 0 Å². The summed E-state index contributed by atoms with van der Waals surface area (Å²) in [6.45, 7) is 5.81. The zero-order valence-corrected chi connectivity index (χ0v) is 28.5. The number of benzene rings is 2. The van der Waals surface area contributed by atoms with Crippen LogP contribution in [0.25, 0.3) is 17.1 Å². The summed E-state index contributed by atoms with van der Waals surface area (Å²) in [7, 11) is -2.34. The maximum atomic E-state index is 11.2. The number of anilines is 2. The molecule has 7 nitrogen and oxygen atoms in total. The maximum Gasteiger partial charge on any atom is 1.00 e. The van der Waals surface area contributed by atoms with Crippen molar-refractivity contribution in [2.24, 2.45) is 7.05 Å². The number of hydrogen-bond acceptors (Lipinski definition) is 5. The molecule has 0 atom stereocenters. The smallest absolute Gasteiger partial charge is 0.748 e. The SMILES string of the molecule is CCN1C(=CC=CC=Cc2n(CC)c3cc(Cl)c(Cl)cc3[n+]2C)N(CCCS(=O)(=O)[O-])c2cc(Cl)c(Cl)cc21.[Na+]. The third-order valence-electron chi connectivity index (χ3n) is 6.56. The van der Waals surface area contributed by atoms with Crippen LogP contribution in [0.5, 0.6) is 0 Å². The molecule has 0 radical (unpaired) electrons. The van der Waals surface area contributed by atoms with Gasteiger partial charge in [-0.25, -0.2) is 17.6 Å². The Bertz CT molecular complexity index is 1620.